The fraction of sp³-hybridized carbons (Fsp3) is 0.238. The molecule has 0 unspecified atom stereocenters. The van der Waals surface area contributed by atoms with Gasteiger partial charge in [0, 0.05) is 11.3 Å². The van der Waals surface area contributed by atoms with Gasteiger partial charge < -0.3 is 13.7 Å². The Hall–Kier alpha value is -3.33. The summed E-state index contributed by atoms with van der Waals surface area (Å²) in [6, 6.07) is 8.30. The average molecular weight is 425 g/mol. The summed E-state index contributed by atoms with van der Waals surface area (Å²) in [7, 11) is 1.31. The molecule has 0 aliphatic carbocycles. The molecule has 4 rings (SSSR count). The molecule has 4 aromatic rings. The molecule has 8 nitrogen and oxygen atoms in total. The van der Waals surface area contributed by atoms with E-state index in [0.29, 0.717) is 33.1 Å². The number of esters is 1. The Morgan fingerprint density at radius 3 is 2.77 bits per heavy atom. The maximum Gasteiger partial charge on any atom is 0.337 e. The molecule has 0 saturated carbocycles. The molecule has 0 atom stereocenters. The van der Waals surface area contributed by atoms with Gasteiger partial charge in [0.2, 0.25) is 0 Å². The van der Waals surface area contributed by atoms with Crippen molar-refractivity contribution >= 4 is 28.6 Å². The summed E-state index contributed by atoms with van der Waals surface area (Å²) in [6.07, 6.45) is 1.56. The number of furan rings is 1. The summed E-state index contributed by atoms with van der Waals surface area (Å²) in [5, 5.41) is 4.89. The first-order valence-corrected chi connectivity index (χ1v) is 10.2. The Labute approximate surface area is 175 Å². The van der Waals surface area contributed by atoms with Gasteiger partial charge in [0.25, 0.3) is 5.56 Å². The van der Waals surface area contributed by atoms with Crippen molar-refractivity contribution < 1.29 is 18.5 Å². The predicted molar refractivity (Wildman–Crippen MR) is 111 cm³/mol. The molecule has 1 aromatic carbocycles. The van der Waals surface area contributed by atoms with Crippen LogP contribution in [0, 0.1) is 13.8 Å². The van der Waals surface area contributed by atoms with Crippen molar-refractivity contribution in [1.29, 1.82) is 0 Å². The summed E-state index contributed by atoms with van der Waals surface area (Å²) in [6.45, 7) is 3.97. The SMILES string of the molecule is COC(=O)c1ccc2c(=O)n(Cc3ccco3)c(SCc3c(C)noc3C)nc2c1. The minimum absolute atomic E-state index is 0.214. The summed E-state index contributed by atoms with van der Waals surface area (Å²) in [5.41, 5.74) is 2.31. The Morgan fingerprint density at radius 2 is 2.10 bits per heavy atom. The molecule has 0 aliphatic heterocycles. The Bertz CT molecular complexity index is 1250. The van der Waals surface area contributed by atoms with Crippen LogP contribution in [-0.2, 0) is 17.0 Å². The third kappa shape index (κ3) is 3.76. The number of hydrogen-bond donors (Lipinski definition) is 0. The largest absolute Gasteiger partial charge is 0.467 e. The number of carbonyl (C=O) groups is 1. The number of hydrogen-bond acceptors (Lipinski definition) is 8. The van der Waals surface area contributed by atoms with E-state index in [9.17, 15) is 9.59 Å². The number of methoxy groups -OCH3 is 1. The van der Waals surface area contributed by atoms with Crippen LogP contribution in [0.3, 0.4) is 0 Å². The molecule has 0 bridgehead atoms. The van der Waals surface area contributed by atoms with E-state index in [1.165, 1.54) is 18.9 Å². The van der Waals surface area contributed by atoms with Crippen LogP contribution in [0.1, 0.15) is 33.1 Å². The zero-order chi connectivity index (χ0) is 21.3. The van der Waals surface area contributed by atoms with Gasteiger partial charge in [0.05, 0.1) is 42.1 Å². The van der Waals surface area contributed by atoms with Crippen LogP contribution in [-0.4, -0.2) is 27.8 Å². The van der Waals surface area contributed by atoms with Crippen molar-refractivity contribution in [1.82, 2.24) is 14.7 Å². The highest BCUT2D eigenvalue weighted by Gasteiger charge is 2.17. The maximum atomic E-state index is 13.2. The van der Waals surface area contributed by atoms with E-state index in [-0.39, 0.29) is 12.1 Å². The molecule has 0 aliphatic rings. The van der Waals surface area contributed by atoms with Crippen molar-refractivity contribution in [2.45, 2.75) is 31.3 Å². The van der Waals surface area contributed by atoms with Gasteiger partial charge >= 0.3 is 5.97 Å². The van der Waals surface area contributed by atoms with E-state index >= 15 is 0 Å². The fourth-order valence-corrected chi connectivity index (χ4v) is 4.25. The quantitative estimate of drug-likeness (QED) is 0.262. The van der Waals surface area contributed by atoms with Crippen molar-refractivity contribution in [2.75, 3.05) is 7.11 Å². The number of carbonyl (C=O) groups excluding carboxylic acids is 1. The maximum absolute atomic E-state index is 13.2. The lowest BCUT2D eigenvalue weighted by Crippen LogP contribution is -2.24. The van der Waals surface area contributed by atoms with Gasteiger partial charge in [-0.15, -0.1) is 0 Å². The molecule has 3 aromatic heterocycles. The zero-order valence-electron chi connectivity index (χ0n) is 16.7. The van der Waals surface area contributed by atoms with Crippen molar-refractivity contribution in [3.8, 4) is 0 Å². The van der Waals surface area contributed by atoms with Crippen LogP contribution in [0.15, 0.2) is 55.5 Å². The third-order valence-corrected chi connectivity index (χ3v) is 5.77. The summed E-state index contributed by atoms with van der Waals surface area (Å²) in [4.78, 5) is 29.8. The Balaban J connectivity index is 1.80. The number of aromatic nitrogens is 3. The van der Waals surface area contributed by atoms with E-state index in [0.717, 1.165) is 17.0 Å². The van der Waals surface area contributed by atoms with Gasteiger partial charge in [0.1, 0.15) is 11.5 Å². The average Bonchev–Trinajstić information content (AvgIpc) is 3.37. The van der Waals surface area contributed by atoms with E-state index in [1.54, 1.807) is 41.2 Å². The van der Waals surface area contributed by atoms with Crippen LogP contribution >= 0.6 is 11.8 Å². The van der Waals surface area contributed by atoms with Crippen LogP contribution in [0.25, 0.3) is 10.9 Å². The molecule has 30 heavy (non-hydrogen) atoms. The number of fused-ring (bicyclic) bond motifs is 1. The van der Waals surface area contributed by atoms with E-state index in [1.807, 2.05) is 13.8 Å². The molecule has 3 heterocycles. The number of rotatable bonds is 6. The summed E-state index contributed by atoms with van der Waals surface area (Å²) in [5.74, 6) is 1.43. The highest BCUT2D eigenvalue weighted by Crippen LogP contribution is 2.26. The number of aryl methyl sites for hydroxylation is 2. The topological polar surface area (TPSA) is 100 Å². The minimum atomic E-state index is -0.483. The second-order valence-electron chi connectivity index (χ2n) is 6.68. The van der Waals surface area contributed by atoms with Gasteiger partial charge in [-0.3, -0.25) is 9.36 Å². The number of thioether (sulfide) groups is 1. The molecule has 0 saturated heterocycles. The monoisotopic (exact) mass is 425 g/mol. The molecule has 0 amide bonds. The van der Waals surface area contributed by atoms with Gasteiger partial charge in [-0.05, 0) is 44.2 Å². The molecule has 0 spiro atoms. The highest BCUT2D eigenvalue weighted by atomic mass is 32.2. The predicted octanol–water partition coefficient (Wildman–Crippen LogP) is 3.72. The van der Waals surface area contributed by atoms with E-state index in [2.05, 4.69) is 10.1 Å². The van der Waals surface area contributed by atoms with Gasteiger partial charge in [-0.2, -0.15) is 0 Å². The zero-order valence-corrected chi connectivity index (χ0v) is 17.5. The van der Waals surface area contributed by atoms with Gasteiger partial charge in [-0.25, -0.2) is 9.78 Å². The number of benzene rings is 1. The van der Waals surface area contributed by atoms with E-state index in [4.69, 9.17) is 13.7 Å². The van der Waals surface area contributed by atoms with Crippen molar-refractivity contribution in [2.24, 2.45) is 0 Å². The molecular formula is C21H19N3O5S. The molecule has 0 fully saturated rings. The van der Waals surface area contributed by atoms with Crippen LogP contribution < -0.4 is 5.56 Å². The summed E-state index contributed by atoms with van der Waals surface area (Å²) < 4.78 is 17.0. The second-order valence-corrected chi connectivity index (χ2v) is 7.62. The molecule has 0 N–H and O–H groups in total. The first-order chi connectivity index (χ1) is 14.5. The molecule has 0 radical (unpaired) electrons. The Kier molecular flexibility index (Phi) is 5.45. The number of ether oxygens (including phenoxy) is 1. The summed E-state index contributed by atoms with van der Waals surface area (Å²) >= 11 is 1.40. The normalized spacial score (nSPS) is 11.2. The number of nitrogens with zero attached hydrogens (tertiary/aromatic N) is 3. The Morgan fingerprint density at radius 1 is 1.27 bits per heavy atom. The van der Waals surface area contributed by atoms with Crippen LogP contribution in [0.5, 0.6) is 0 Å². The first-order valence-electron chi connectivity index (χ1n) is 9.17. The second kappa shape index (κ2) is 8.19. The lowest BCUT2D eigenvalue weighted by Gasteiger charge is -2.12. The van der Waals surface area contributed by atoms with Crippen molar-refractivity contribution in [3.05, 3.63) is 75.3 Å². The lowest BCUT2D eigenvalue weighted by molar-refractivity contribution is 0.0601. The van der Waals surface area contributed by atoms with Gasteiger partial charge in [-0.1, -0.05) is 16.9 Å². The standard InChI is InChI=1S/C21H19N3O5S/c1-12-17(13(2)29-23-12)11-30-21-22-18-9-14(20(26)27-3)6-7-16(18)19(25)24(21)10-15-5-4-8-28-15/h4-9H,10-11H2,1-3H3. The molecule has 154 valence electrons. The van der Waals surface area contributed by atoms with E-state index < -0.39 is 5.97 Å². The molecular weight excluding hydrogens is 406 g/mol. The highest BCUT2D eigenvalue weighted by molar-refractivity contribution is 7.98. The first kappa shape index (κ1) is 20.0. The minimum Gasteiger partial charge on any atom is -0.467 e. The molecule has 9 heteroatoms. The van der Waals surface area contributed by atoms with Crippen molar-refractivity contribution in [3.63, 3.8) is 0 Å². The van der Waals surface area contributed by atoms with Gasteiger partial charge in [0.15, 0.2) is 5.16 Å². The fourth-order valence-electron chi connectivity index (χ4n) is 3.10. The van der Waals surface area contributed by atoms with Crippen LogP contribution in [0.2, 0.25) is 0 Å². The van der Waals surface area contributed by atoms with Crippen LogP contribution in [0.4, 0.5) is 0 Å². The lowest BCUT2D eigenvalue weighted by atomic mass is 10.1. The smallest absolute Gasteiger partial charge is 0.337 e. The third-order valence-electron chi connectivity index (χ3n) is 4.76.